The molecule has 0 unspecified atom stereocenters. The van der Waals surface area contributed by atoms with Crippen molar-refractivity contribution in [3.05, 3.63) is 59.7 Å². The molecule has 4 rings (SSSR count). The van der Waals surface area contributed by atoms with Crippen molar-refractivity contribution in [3.63, 3.8) is 0 Å². The maximum absolute atomic E-state index is 6.54. The highest BCUT2D eigenvalue weighted by atomic mass is 28.4. The van der Waals surface area contributed by atoms with Crippen LogP contribution in [0.15, 0.2) is 48.5 Å². The lowest BCUT2D eigenvalue weighted by Gasteiger charge is -2.38. The van der Waals surface area contributed by atoms with Crippen LogP contribution in [0.2, 0.25) is 36.3 Å². The molecule has 44 heavy (non-hydrogen) atoms. The number of benzene rings is 2. The molecule has 2 aromatic rings. The van der Waals surface area contributed by atoms with Gasteiger partial charge in [0.15, 0.2) is 16.6 Å². The third-order valence-corrected chi connectivity index (χ3v) is 19.3. The van der Waals surface area contributed by atoms with Crippen LogP contribution in [0.1, 0.15) is 78.7 Å². The van der Waals surface area contributed by atoms with Crippen LogP contribution in [-0.4, -0.2) is 69.0 Å². The molecule has 8 heteroatoms. The third kappa shape index (κ3) is 10.2. The Bertz CT molecular complexity index is 1070. The van der Waals surface area contributed by atoms with Gasteiger partial charge >= 0.3 is 0 Å². The lowest BCUT2D eigenvalue weighted by atomic mass is 10.1. The van der Waals surface area contributed by atoms with E-state index in [1.165, 1.54) is 22.5 Å². The molecule has 0 radical (unpaired) electrons. The molecule has 0 amide bonds. The van der Waals surface area contributed by atoms with Gasteiger partial charge in [0.1, 0.15) is 0 Å². The second-order valence-electron chi connectivity index (χ2n) is 15.7. The van der Waals surface area contributed by atoms with Crippen LogP contribution < -0.4 is 20.4 Å². The summed E-state index contributed by atoms with van der Waals surface area (Å²) in [6, 6.07) is 17.8. The van der Waals surface area contributed by atoms with E-state index in [9.17, 15) is 0 Å². The average molecular weight is 641 g/mol. The van der Waals surface area contributed by atoms with E-state index < -0.39 is 16.6 Å². The predicted molar refractivity (Wildman–Crippen MR) is 196 cm³/mol. The smallest absolute Gasteiger partial charge is 0.192 e. The maximum atomic E-state index is 6.54. The summed E-state index contributed by atoms with van der Waals surface area (Å²) in [7, 11) is -3.46. The zero-order chi connectivity index (χ0) is 32.8. The van der Waals surface area contributed by atoms with Crippen molar-refractivity contribution in [2.24, 2.45) is 0 Å². The van der Waals surface area contributed by atoms with Crippen molar-refractivity contribution in [1.29, 1.82) is 0 Å². The largest absolute Gasteiger partial charge is 0.410 e. The van der Waals surface area contributed by atoms with Gasteiger partial charge in [-0.2, -0.15) is 0 Å². The molecule has 2 aliphatic rings. The minimum Gasteiger partial charge on any atom is -0.410 e. The van der Waals surface area contributed by atoms with Crippen LogP contribution in [0.3, 0.4) is 0 Å². The topological polar surface area (TPSA) is 49.0 Å². The molecule has 2 fully saturated rings. The fourth-order valence-electron chi connectivity index (χ4n) is 5.17. The maximum Gasteiger partial charge on any atom is 0.192 e. The summed E-state index contributed by atoms with van der Waals surface area (Å²) in [4.78, 5) is 4.91. The number of nitrogens with zero attached hydrogens (tertiary/aromatic N) is 2. The van der Waals surface area contributed by atoms with Crippen LogP contribution >= 0.6 is 0 Å². The lowest BCUT2D eigenvalue weighted by Crippen LogP contribution is -2.43. The van der Waals surface area contributed by atoms with Gasteiger partial charge in [-0.15, -0.1) is 0 Å². The summed E-state index contributed by atoms with van der Waals surface area (Å²) in [6.45, 7) is 36.1. The molecule has 0 spiro atoms. The van der Waals surface area contributed by atoms with Crippen molar-refractivity contribution in [1.82, 2.24) is 10.6 Å². The number of piperazine rings is 2. The van der Waals surface area contributed by atoms with E-state index in [4.69, 9.17) is 8.85 Å². The minimum atomic E-state index is -1.73. The molecular formula is C36H64N4O2Si2. The first-order chi connectivity index (χ1) is 20.4. The molecular weight excluding hydrogens is 577 g/mol. The van der Waals surface area contributed by atoms with Gasteiger partial charge in [-0.05, 0) is 85.5 Å². The molecule has 0 aliphatic carbocycles. The zero-order valence-corrected chi connectivity index (χ0v) is 32.1. The van der Waals surface area contributed by atoms with Crippen molar-refractivity contribution in [2.45, 2.75) is 104 Å². The highest BCUT2D eigenvalue weighted by molar-refractivity contribution is 6.74. The zero-order valence-electron chi connectivity index (χ0n) is 30.1. The Morgan fingerprint density at radius 2 is 0.909 bits per heavy atom. The van der Waals surface area contributed by atoms with E-state index >= 15 is 0 Å². The summed E-state index contributed by atoms with van der Waals surface area (Å²) in [5.74, 6) is 0. The lowest BCUT2D eigenvalue weighted by molar-refractivity contribution is 0.203. The monoisotopic (exact) mass is 640 g/mol. The second kappa shape index (κ2) is 15.3. The molecule has 0 aromatic heterocycles. The van der Waals surface area contributed by atoms with E-state index in [1.807, 2.05) is 0 Å². The van der Waals surface area contributed by atoms with Gasteiger partial charge in [0.05, 0.1) is 12.2 Å². The van der Waals surface area contributed by atoms with Gasteiger partial charge in [-0.25, -0.2) is 0 Å². The number of rotatable bonds is 8. The van der Waals surface area contributed by atoms with Gasteiger partial charge in [0.2, 0.25) is 0 Å². The normalized spacial score (nSPS) is 18.4. The number of hydrogen-bond acceptors (Lipinski definition) is 6. The summed E-state index contributed by atoms with van der Waals surface area (Å²) < 4.78 is 13.1. The van der Waals surface area contributed by atoms with Crippen LogP contribution in [0.25, 0.3) is 0 Å². The Labute approximate surface area is 272 Å². The van der Waals surface area contributed by atoms with Gasteiger partial charge in [-0.3, -0.25) is 0 Å². The molecule has 2 aliphatic heterocycles. The second-order valence-corrected chi connectivity index (χ2v) is 25.2. The molecule has 248 valence electrons. The quantitative estimate of drug-likeness (QED) is 0.283. The first-order valence-corrected chi connectivity index (χ1v) is 22.7. The average Bonchev–Trinajstić information content (AvgIpc) is 2.97. The van der Waals surface area contributed by atoms with E-state index in [0.29, 0.717) is 0 Å². The van der Waals surface area contributed by atoms with Crippen molar-refractivity contribution < 1.29 is 8.85 Å². The van der Waals surface area contributed by atoms with Gasteiger partial charge < -0.3 is 29.3 Å². The van der Waals surface area contributed by atoms with Gasteiger partial charge in [-0.1, -0.05) is 65.8 Å². The Kier molecular flexibility index (Phi) is 12.8. The fraction of sp³-hybridized carbons (Fsp3) is 0.667. The molecule has 6 nitrogen and oxygen atoms in total. The van der Waals surface area contributed by atoms with Crippen LogP contribution in [0.5, 0.6) is 0 Å². The molecule has 2 saturated heterocycles. The Morgan fingerprint density at radius 3 is 1.20 bits per heavy atom. The van der Waals surface area contributed by atoms with Crippen molar-refractivity contribution >= 4 is 28.0 Å². The molecule has 0 saturated carbocycles. The minimum absolute atomic E-state index is 0.156. The third-order valence-electron chi connectivity index (χ3n) is 10.2. The summed E-state index contributed by atoms with van der Waals surface area (Å²) in [5, 5.41) is 7.31. The first-order valence-electron chi connectivity index (χ1n) is 16.9. The van der Waals surface area contributed by atoms with E-state index in [2.05, 4.69) is 151 Å². The summed E-state index contributed by atoms with van der Waals surface area (Å²) >= 11 is 0. The molecule has 2 heterocycles. The molecule has 2 N–H and O–H groups in total. The van der Waals surface area contributed by atoms with Crippen molar-refractivity contribution in [2.75, 3.05) is 62.2 Å². The first kappa shape index (κ1) is 36.8. The Morgan fingerprint density at radius 1 is 0.591 bits per heavy atom. The molecule has 2 atom stereocenters. The molecule has 0 bridgehead atoms. The number of nitrogens with one attached hydrogen (secondary N) is 2. The standard InChI is InChI=1S/2C18H32N2OSi/c2*1-15(21-22(5,6)18(2,3)4)16-8-7-9-17(14-16)20-12-10-19-11-13-20/h2*7-9,14-15,19H,10-13H2,1-6H3/t2*15-/m10/s1. The predicted octanol–water partition coefficient (Wildman–Crippen LogP) is 8.36. The highest BCUT2D eigenvalue weighted by Crippen LogP contribution is 2.41. The van der Waals surface area contributed by atoms with Crippen LogP contribution in [-0.2, 0) is 8.85 Å². The summed E-state index contributed by atoms with van der Waals surface area (Å²) in [5.41, 5.74) is 5.23. The van der Waals surface area contributed by atoms with Gasteiger partial charge in [0.25, 0.3) is 0 Å². The summed E-state index contributed by atoms with van der Waals surface area (Å²) in [6.07, 6.45) is 0.313. The SMILES string of the molecule is C[C@@H](O[Si](C)(C)C(C)(C)C)c1cccc(N2CCNCC2)c1.C[C@H](O[Si](C)(C)C(C)(C)C)c1cccc(N2CCNCC2)c1. The van der Waals surface area contributed by atoms with Crippen LogP contribution in [0, 0.1) is 0 Å². The van der Waals surface area contributed by atoms with Crippen molar-refractivity contribution in [3.8, 4) is 0 Å². The molecule has 2 aromatic carbocycles. The van der Waals surface area contributed by atoms with Crippen LogP contribution in [0.4, 0.5) is 11.4 Å². The fourth-order valence-corrected chi connectivity index (χ4v) is 7.92. The van der Waals surface area contributed by atoms with E-state index in [0.717, 1.165) is 52.4 Å². The highest BCUT2D eigenvalue weighted by Gasteiger charge is 2.39. The number of anilines is 2. The van der Waals surface area contributed by atoms with E-state index in [1.54, 1.807) is 0 Å². The Hall–Kier alpha value is -1.69. The Balaban J connectivity index is 0.000000240. The van der Waals surface area contributed by atoms with E-state index in [-0.39, 0.29) is 22.3 Å². The number of hydrogen-bond donors (Lipinski definition) is 2. The van der Waals surface area contributed by atoms with Gasteiger partial charge in [0, 0.05) is 63.7 Å².